The summed E-state index contributed by atoms with van der Waals surface area (Å²) in [5.41, 5.74) is 3.44. The van der Waals surface area contributed by atoms with Gasteiger partial charge in [-0.25, -0.2) is 0 Å². The van der Waals surface area contributed by atoms with Crippen LogP contribution in [-0.2, 0) is 6.18 Å². The quantitative estimate of drug-likeness (QED) is 0.495. The third kappa shape index (κ3) is 3.88. The highest BCUT2D eigenvalue weighted by Gasteiger charge is 2.42. The van der Waals surface area contributed by atoms with Crippen molar-refractivity contribution in [3.63, 3.8) is 0 Å². The number of nitrogens with one attached hydrogen (secondary N) is 1. The largest absolute Gasteiger partial charge is 0.416 e. The maximum Gasteiger partial charge on any atom is 0.416 e. The van der Waals surface area contributed by atoms with Crippen molar-refractivity contribution in [3.05, 3.63) is 82.9 Å². The normalized spacial score (nSPS) is 19.0. The SMILES string of the molecule is Cc1cc([C@H]2[C@H](c3ccccn3)NC(=S)N2C(C)C)c(C)n1-c1cccc(C(F)(F)F)c1. The first-order chi connectivity index (χ1) is 15.1. The van der Waals surface area contributed by atoms with Gasteiger partial charge in [-0.3, -0.25) is 4.98 Å². The number of pyridine rings is 1. The van der Waals surface area contributed by atoms with E-state index in [-0.39, 0.29) is 18.1 Å². The fourth-order valence-corrected chi connectivity index (χ4v) is 5.01. The summed E-state index contributed by atoms with van der Waals surface area (Å²) in [5.74, 6) is 0. The molecule has 0 spiro atoms. The molecule has 1 fully saturated rings. The molecule has 4 rings (SSSR count). The van der Waals surface area contributed by atoms with Crippen LogP contribution < -0.4 is 5.32 Å². The van der Waals surface area contributed by atoms with Crippen LogP contribution in [0.15, 0.2) is 54.7 Å². The topological polar surface area (TPSA) is 33.1 Å². The third-order valence-corrected chi connectivity index (χ3v) is 6.24. The summed E-state index contributed by atoms with van der Waals surface area (Å²) >= 11 is 5.66. The number of aryl methyl sites for hydroxylation is 1. The minimum Gasteiger partial charge on any atom is -0.352 e. The average molecular weight is 459 g/mol. The first-order valence-corrected chi connectivity index (χ1v) is 10.9. The Balaban J connectivity index is 1.85. The Bertz CT molecular complexity index is 1140. The number of nitrogens with zero attached hydrogens (tertiary/aromatic N) is 3. The molecule has 3 heterocycles. The van der Waals surface area contributed by atoms with Crippen LogP contribution in [0.3, 0.4) is 0 Å². The summed E-state index contributed by atoms with van der Waals surface area (Å²) in [5, 5.41) is 4.05. The van der Waals surface area contributed by atoms with Gasteiger partial charge in [0.15, 0.2) is 5.11 Å². The molecule has 1 aliphatic rings. The standard InChI is InChI=1S/C24H25F3N4S/c1-14(2)30-22(21(29-23(30)32)20-10-5-6-11-28-20)19-12-15(3)31(16(19)4)18-9-7-8-17(13-18)24(25,26)27/h5-14,21-22H,1-4H3,(H,29,32)/t21-,22-/m0/s1. The van der Waals surface area contributed by atoms with Crippen molar-refractivity contribution < 1.29 is 13.2 Å². The van der Waals surface area contributed by atoms with E-state index < -0.39 is 11.7 Å². The summed E-state index contributed by atoms with van der Waals surface area (Å²) in [6, 6.07) is 13.1. The van der Waals surface area contributed by atoms with E-state index >= 15 is 0 Å². The van der Waals surface area contributed by atoms with E-state index in [0.29, 0.717) is 10.8 Å². The number of benzene rings is 1. The molecule has 168 valence electrons. The van der Waals surface area contributed by atoms with E-state index in [4.69, 9.17) is 12.2 Å². The molecule has 1 saturated heterocycles. The van der Waals surface area contributed by atoms with Crippen molar-refractivity contribution in [1.82, 2.24) is 19.8 Å². The van der Waals surface area contributed by atoms with Crippen molar-refractivity contribution in [1.29, 1.82) is 0 Å². The minimum absolute atomic E-state index is 0.130. The summed E-state index contributed by atoms with van der Waals surface area (Å²) in [6.45, 7) is 8.01. The first-order valence-electron chi connectivity index (χ1n) is 10.5. The third-order valence-electron chi connectivity index (χ3n) is 5.91. The molecule has 4 nitrogen and oxygen atoms in total. The molecular weight excluding hydrogens is 433 g/mol. The van der Waals surface area contributed by atoms with Gasteiger partial charge in [-0.2, -0.15) is 13.2 Å². The Kier molecular flexibility index (Phi) is 5.75. The molecule has 2 aromatic heterocycles. The number of aromatic nitrogens is 2. The summed E-state index contributed by atoms with van der Waals surface area (Å²) in [4.78, 5) is 6.69. The van der Waals surface area contributed by atoms with Gasteiger partial charge in [-0.1, -0.05) is 12.1 Å². The summed E-state index contributed by atoms with van der Waals surface area (Å²) < 4.78 is 41.8. The van der Waals surface area contributed by atoms with E-state index in [1.54, 1.807) is 12.3 Å². The zero-order chi connectivity index (χ0) is 23.2. The lowest BCUT2D eigenvalue weighted by Crippen LogP contribution is -2.35. The smallest absolute Gasteiger partial charge is 0.352 e. The lowest BCUT2D eigenvalue weighted by atomic mass is 9.96. The maximum atomic E-state index is 13.3. The number of halogens is 3. The molecule has 0 amide bonds. The van der Waals surface area contributed by atoms with Crippen molar-refractivity contribution in [2.45, 2.75) is 52.0 Å². The van der Waals surface area contributed by atoms with E-state index in [1.165, 1.54) is 12.1 Å². The Morgan fingerprint density at radius 3 is 2.44 bits per heavy atom. The molecule has 8 heteroatoms. The van der Waals surface area contributed by atoms with Gasteiger partial charge in [0.1, 0.15) is 0 Å². The van der Waals surface area contributed by atoms with Gasteiger partial charge >= 0.3 is 6.18 Å². The monoisotopic (exact) mass is 458 g/mol. The highest BCUT2D eigenvalue weighted by Crippen LogP contribution is 2.42. The van der Waals surface area contributed by atoms with Crippen LogP contribution in [0.4, 0.5) is 13.2 Å². The fourth-order valence-electron chi connectivity index (χ4n) is 4.56. The molecule has 1 N–H and O–H groups in total. The van der Waals surface area contributed by atoms with Gasteiger partial charge in [-0.05, 0) is 81.9 Å². The Labute approximate surface area is 191 Å². The fraction of sp³-hybridized carbons (Fsp3) is 0.333. The van der Waals surface area contributed by atoms with Gasteiger partial charge < -0.3 is 14.8 Å². The number of hydrogen-bond donors (Lipinski definition) is 1. The minimum atomic E-state index is -4.39. The molecule has 1 aliphatic heterocycles. The van der Waals surface area contributed by atoms with E-state index in [1.807, 2.05) is 42.7 Å². The van der Waals surface area contributed by atoms with E-state index in [9.17, 15) is 13.2 Å². The molecule has 0 radical (unpaired) electrons. The van der Waals surface area contributed by atoms with Gasteiger partial charge in [0.05, 0.1) is 23.3 Å². The number of thiocarbonyl (C=S) groups is 1. The van der Waals surface area contributed by atoms with Crippen LogP contribution in [0.2, 0.25) is 0 Å². The summed E-state index contributed by atoms with van der Waals surface area (Å²) in [6.07, 6.45) is -2.64. The first kappa shape index (κ1) is 22.3. The molecule has 0 aliphatic carbocycles. The molecule has 2 atom stereocenters. The highest BCUT2D eigenvalue weighted by atomic mass is 32.1. The molecule has 0 bridgehead atoms. The number of alkyl halides is 3. The van der Waals surface area contributed by atoms with Crippen molar-refractivity contribution in [3.8, 4) is 5.69 Å². The van der Waals surface area contributed by atoms with E-state index in [0.717, 1.165) is 28.7 Å². The van der Waals surface area contributed by atoms with Gasteiger partial charge in [-0.15, -0.1) is 0 Å². The number of rotatable bonds is 4. The maximum absolute atomic E-state index is 13.3. The second kappa shape index (κ2) is 8.24. The van der Waals surface area contributed by atoms with Crippen LogP contribution in [-0.4, -0.2) is 25.6 Å². The Morgan fingerprint density at radius 1 is 1.06 bits per heavy atom. The molecule has 1 aromatic carbocycles. The van der Waals surface area contributed by atoms with Crippen LogP contribution >= 0.6 is 12.2 Å². The molecule has 0 unspecified atom stereocenters. The molecule has 0 saturated carbocycles. The molecule has 3 aromatic rings. The highest BCUT2D eigenvalue weighted by molar-refractivity contribution is 7.80. The van der Waals surface area contributed by atoms with Crippen LogP contribution in [0, 0.1) is 13.8 Å². The predicted octanol–water partition coefficient (Wildman–Crippen LogP) is 5.89. The van der Waals surface area contributed by atoms with Gasteiger partial charge in [0.25, 0.3) is 0 Å². The lowest BCUT2D eigenvalue weighted by molar-refractivity contribution is -0.137. The van der Waals surface area contributed by atoms with Gasteiger partial charge in [0, 0.05) is 29.3 Å². The predicted molar refractivity (Wildman–Crippen MR) is 123 cm³/mol. The second-order valence-electron chi connectivity index (χ2n) is 8.34. The Hall–Kier alpha value is -2.87. The van der Waals surface area contributed by atoms with E-state index in [2.05, 4.69) is 29.0 Å². The average Bonchev–Trinajstić information content (AvgIpc) is 3.23. The molecule has 32 heavy (non-hydrogen) atoms. The van der Waals surface area contributed by atoms with Crippen LogP contribution in [0.25, 0.3) is 5.69 Å². The zero-order valence-electron chi connectivity index (χ0n) is 18.3. The van der Waals surface area contributed by atoms with Crippen molar-refractivity contribution in [2.75, 3.05) is 0 Å². The van der Waals surface area contributed by atoms with Crippen LogP contribution in [0.1, 0.15) is 54.1 Å². The number of hydrogen-bond acceptors (Lipinski definition) is 2. The summed E-state index contributed by atoms with van der Waals surface area (Å²) in [7, 11) is 0. The van der Waals surface area contributed by atoms with Crippen molar-refractivity contribution >= 4 is 17.3 Å². The molecular formula is C24H25F3N4S. The van der Waals surface area contributed by atoms with Crippen molar-refractivity contribution in [2.24, 2.45) is 0 Å². The zero-order valence-corrected chi connectivity index (χ0v) is 19.1. The second-order valence-corrected chi connectivity index (χ2v) is 8.72. The lowest BCUT2D eigenvalue weighted by Gasteiger charge is -2.31. The Morgan fingerprint density at radius 2 is 1.81 bits per heavy atom. The van der Waals surface area contributed by atoms with Crippen LogP contribution in [0.5, 0.6) is 0 Å². The van der Waals surface area contributed by atoms with Gasteiger partial charge in [0.2, 0.25) is 0 Å².